The number of nitrogens with zero attached hydrogens (tertiary/aromatic N) is 4. The third-order valence-corrected chi connectivity index (χ3v) is 6.51. The number of alkyl halides is 1. The molecule has 1 saturated heterocycles. The lowest BCUT2D eigenvalue weighted by Gasteiger charge is -2.35. The Balaban J connectivity index is 1.31. The van der Waals surface area contributed by atoms with Crippen molar-refractivity contribution in [2.45, 2.75) is 50.9 Å². The molecule has 8 nitrogen and oxygen atoms in total. The number of carbonyl (C=O) groups is 1. The number of halogens is 3. The summed E-state index contributed by atoms with van der Waals surface area (Å²) in [5.74, 6) is -0.512. The van der Waals surface area contributed by atoms with Gasteiger partial charge in [-0.2, -0.15) is 0 Å². The van der Waals surface area contributed by atoms with E-state index in [0.717, 1.165) is 25.2 Å². The molecule has 1 saturated carbocycles. The summed E-state index contributed by atoms with van der Waals surface area (Å²) in [5, 5.41) is 6.68. The minimum Gasteiger partial charge on any atom is -0.365 e. The summed E-state index contributed by atoms with van der Waals surface area (Å²) in [6, 6.07) is 0.837. The number of amides is 2. The number of fused-ring (bicyclic) bond motifs is 1. The molecule has 0 radical (unpaired) electrons. The third-order valence-electron chi connectivity index (χ3n) is 6.51. The Hall–Kier alpha value is -3.37. The van der Waals surface area contributed by atoms with Crippen LogP contribution in [0, 0.1) is 17.6 Å². The van der Waals surface area contributed by atoms with Crippen molar-refractivity contribution >= 4 is 22.9 Å². The number of H-pyrrole nitrogens is 1. The Morgan fingerprint density at radius 2 is 2.00 bits per heavy atom. The number of aromatic nitrogens is 4. The zero-order valence-corrected chi connectivity index (χ0v) is 18.7. The second-order valence-electron chi connectivity index (χ2n) is 9.27. The van der Waals surface area contributed by atoms with Gasteiger partial charge in [0.1, 0.15) is 17.6 Å². The Labute approximate surface area is 194 Å². The van der Waals surface area contributed by atoms with E-state index in [1.54, 1.807) is 6.20 Å². The molecule has 180 valence electrons. The van der Waals surface area contributed by atoms with Gasteiger partial charge in [-0.05, 0) is 37.7 Å². The second kappa shape index (κ2) is 9.11. The normalized spacial score (nSPS) is 25.0. The van der Waals surface area contributed by atoms with E-state index in [1.165, 1.54) is 11.0 Å². The molecule has 0 bridgehead atoms. The minimum absolute atomic E-state index is 0.0488. The standard InChI is InChI=1S/C23H26F3N7O/c1-12-4-15(7-16(5-12)31-23(34)33-3-2-13(24)11-33)30-22-19(26)10-29-21(32-22)18-9-28-20-17(18)6-14(25)8-27-20/h6,8-10,12-13,15-16H,2-5,7,11H2,1H3,(H,27,28)(H,31,34)(H,29,30,32)/t12?,13-,15?,16?/m0/s1. The Morgan fingerprint density at radius 1 is 1.18 bits per heavy atom. The average molecular weight is 474 g/mol. The molecule has 0 aromatic carbocycles. The van der Waals surface area contributed by atoms with Gasteiger partial charge in [0, 0.05) is 35.8 Å². The van der Waals surface area contributed by atoms with E-state index >= 15 is 0 Å². The van der Waals surface area contributed by atoms with Crippen LogP contribution in [0.4, 0.5) is 23.8 Å². The molecule has 3 N–H and O–H groups in total. The highest BCUT2D eigenvalue weighted by molar-refractivity contribution is 5.91. The van der Waals surface area contributed by atoms with Crippen molar-refractivity contribution < 1.29 is 18.0 Å². The van der Waals surface area contributed by atoms with Crippen LogP contribution in [0.1, 0.15) is 32.6 Å². The molecule has 3 aromatic heterocycles. The summed E-state index contributed by atoms with van der Waals surface area (Å²) < 4.78 is 41.8. The Bertz CT molecular complexity index is 1200. The highest BCUT2D eigenvalue weighted by Crippen LogP contribution is 2.30. The molecule has 4 atom stereocenters. The number of pyridine rings is 1. The molecule has 5 rings (SSSR count). The largest absolute Gasteiger partial charge is 0.365 e. The Kier molecular flexibility index (Phi) is 6.01. The summed E-state index contributed by atoms with van der Waals surface area (Å²) in [4.78, 5) is 29.4. The molecule has 2 aliphatic rings. The quantitative estimate of drug-likeness (QED) is 0.532. The van der Waals surface area contributed by atoms with Gasteiger partial charge >= 0.3 is 6.03 Å². The number of aromatic amines is 1. The average Bonchev–Trinajstić information content (AvgIpc) is 3.41. The van der Waals surface area contributed by atoms with Crippen molar-refractivity contribution in [3.8, 4) is 11.4 Å². The zero-order valence-electron chi connectivity index (χ0n) is 18.7. The van der Waals surface area contributed by atoms with Crippen LogP contribution in [-0.2, 0) is 0 Å². The predicted molar refractivity (Wildman–Crippen MR) is 121 cm³/mol. The highest BCUT2D eigenvalue weighted by Gasteiger charge is 2.32. The van der Waals surface area contributed by atoms with Crippen LogP contribution in [0.15, 0.2) is 24.7 Å². The SMILES string of the molecule is CC1CC(NC(=O)N2CC[C@H](F)C2)CC(Nc2nc(-c3c[nH]c4ncc(F)cc34)ncc2F)C1. The lowest BCUT2D eigenvalue weighted by Crippen LogP contribution is -2.48. The summed E-state index contributed by atoms with van der Waals surface area (Å²) in [7, 11) is 0. The van der Waals surface area contributed by atoms with E-state index in [0.29, 0.717) is 36.0 Å². The maximum atomic E-state index is 14.6. The van der Waals surface area contributed by atoms with Crippen LogP contribution in [0.3, 0.4) is 0 Å². The molecule has 4 heterocycles. The molecule has 0 spiro atoms. The fraction of sp³-hybridized carbons (Fsp3) is 0.478. The van der Waals surface area contributed by atoms with Crippen LogP contribution < -0.4 is 10.6 Å². The second-order valence-corrected chi connectivity index (χ2v) is 9.27. The molecule has 3 unspecified atom stereocenters. The van der Waals surface area contributed by atoms with Gasteiger partial charge in [0.05, 0.1) is 18.9 Å². The van der Waals surface area contributed by atoms with E-state index in [4.69, 9.17) is 0 Å². The molecular weight excluding hydrogens is 447 g/mol. The number of hydrogen-bond acceptors (Lipinski definition) is 5. The summed E-state index contributed by atoms with van der Waals surface area (Å²) >= 11 is 0. The first kappa shape index (κ1) is 22.4. The highest BCUT2D eigenvalue weighted by atomic mass is 19.1. The summed E-state index contributed by atoms with van der Waals surface area (Å²) in [6.45, 7) is 2.62. The minimum atomic E-state index is -0.968. The van der Waals surface area contributed by atoms with E-state index in [2.05, 4.69) is 37.5 Å². The molecule has 34 heavy (non-hydrogen) atoms. The van der Waals surface area contributed by atoms with Gasteiger partial charge < -0.3 is 20.5 Å². The van der Waals surface area contributed by atoms with Gasteiger partial charge in [-0.25, -0.2) is 32.9 Å². The van der Waals surface area contributed by atoms with Crippen molar-refractivity contribution in [1.29, 1.82) is 0 Å². The van der Waals surface area contributed by atoms with Crippen LogP contribution in [0.5, 0.6) is 0 Å². The van der Waals surface area contributed by atoms with Gasteiger partial charge in [-0.15, -0.1) is 0 Å². The number of carbonyl (C=O) groups excluding carboxylic acids is 1. The first-order chi connectivity index (χ1) is 16.4. The van der Waals surface area contributed by atoms with Crippen molar-refractivity contribution in [3.05, 3.63) is 36.3 Å². The number of hydrogen-bond donors (Lipinski definition) is 3. The maximum Gasteiger partial charge on any atom is 0.317 e. The molecule has 2 fully saturated rings. The number of rotatable bonds is 4. The van der Waals surface area contributed by atoms with Crippen molar-refractivity contribution in [2.75, 3.05) is 18.4 Å². The van der Waals surface area contributed by atoms with Crippen molar-refractivity contribution in [2.24, 2.45) is 5.92 Å². The number of urea groups is 1. The van der Waals surface area contributed by atoms with Crippen molar-refractivity contribution in [3.63, 3.8) is 0 Å². The summed E-state index contributed by atoms with van der Waals surface area (Å²) in [6.07, 6.45) is 5.37. The van der Waals surface area contributed by atoms with E-state index < -0.39 is 17.8 Å². The van der Waals surface area contributed by atoms with E-state index in [-0.39, 0.29) is 42.2 Å². The smallest absolute Gasteiger partial charge is 0.317 e. The molecular formula is C23H26F3N7O. The Morgan fingerprint density at radius 3 is 2.79 bits per heavy atom. The fourth-order valence-electron chi connectivity index (χ4n) is 4.96. The molecule has 1 aliphatic carbocycles. The van der Waals surface area contributed by atoms with E-state index in [1.807, 2.05) is 0 Å². The van der Waals surface area contributed by atoms with Crippen LogP contribution in [0.25, 0.3) is 22.4 Å². The van der Waals surface area contributed by atoms with E-state index in [9.17, 15) is 18.0 Å². The number of nitrogens with one attached hydrogen (secondary N) is 3. The van der Waals surface area contributed by atoms with Gasteiger partial charge in [0.2, 0.25) is 0 Å². The lowest BCUT2D eigenvalue weighted by atomic mass is 9.83. The van der Waals surface area contributed by atoms with Gasteiger partial charge in [-0.3, -0.25) is 0 Å². The van der Waals surface area contributed by atoms with Crippen LogP contribution >= 0.6 is 0 Å². The van der Waals surface area contributed by atoms with Crippen LogP contribution in [-0.4, -0.2) is 62.2 Å². The van der Waals surface area contributed by atoms with Crippen LogP contribution in [0.2, 0.25) is 0 Å². The van der Waals surface area contributed by atoms with Gasteiger partial charge in [0.25, 0.3) is 0 Å². The number of likely N-dealkylation sites (tertiary alicyclic amines) is 1. The monoisotopic (exact) mass is 473 g/mol. The third kappa shape index (κ3) is 4.64. The summed E-state index contributed by atoms with van der Waals surface area (Å²) in [5.41, 5.74) is 1.000. The fourth-order valence-corrected chi connectivity index (χ4v) is 4.96. The van der Waals surface area contributed by atoms with Crippen molar-refractivity contribution in [1.82, 2.24) is 30.2 Å². The topological polar surface area (TPSA) is 98.8 Å². The number of anilines is 1. The van der Waals surface area contributed by atoms with Gasteiger partial charge in [-0.1, -0.05) is 6.92 Å². The lowest BCUT2D eigenvalue weighted by molar-refractivity contribution is 0.191. The van der Waals surface area contributed by atoms with Gasteiger partial charge in [0.15, 0.2) is 17.5 Å². The zero-order chi connectivity index (χ0) is 23.8. The molecule has 3 aromatic rings. The predicted octanol–water partition coefficient (Wildman–Crippen LogP) is 4.02. The first-order valence-electron chi connectivity index (χ1n) is 11.5. The maximum absolute atomic E-state index is 14.6. The molecule has 1 aliphatic heterocycles. The molecule has 2 amide bonds. The molecule has 11 heteroatoms. The first-order valence-corrected chi connectivity index (χ1v) is 11.5.